The monoisotopic (exact) mass is 332 g/mol. The second kappa shape index (κ2) is 7.96. The van der Waals surface area contributed by atoms with Crippen LogP contribution in [0.1, 0.15) is 30.9 Å². The lowest BCUT2D eigenvalue weighted by Gasteiger charge is -2.16. The van der Waals surface area contributed by atoms with Gasteiger partial charge >= 0.3 is 18.0 Å². The van der Waals surface area contributed by atoms with Gasteiger partial charge in [0.15, 0.2) is 0 Å². The molecule has 0 aliphatic rings. The van der Waals surface area contributed by atoms with E-state index in [2.05, 4.69) is 10.6 Å². The molecule has 23 heavy (non-hydrogen) atoms. The molecule has 0 aromatic heterocycles. The molecule has 128 valence electrons. The van der Waals surface area contributed by atoms with Gasteiger partial charge in [-0.1, -0.05) is 6.07 Å². The number of carbonyl (C=O) groups is 2. The molecule has 0 fully saturated rings. The maximum Gasteiger partial charge on any atom is 0.416 e. The molecular weight excluding hydrogens is 313 g/mol. The van der Waals surface area contributed by atoms with Crippen molar-refractivity contribution in [2.45, 2.75) is 38.9 Å². The van der Waals surface area contributed by atoms with Crippen molar-refractivity contribution in [3.05, 3.63) is 29.3 Å². The summed E-state index contributed by atoms with van der Waals surface area (Å²) in [6.45, 7) is 2.85. The molecule has 5 nitrogen and oxygen atoms in total. The van der Waals surface area contributed by atoms with Gasteiger partial charge in [-0.2, -0.15) is 13.2 Å². The Balaban J connectivity index is 2.76. The first-order valence-electron chi connectivity index (χ1n) is 7.06. The molecular formula is C15H19F3N2O3. The molecule has 0 bridgehead atoms. The highest BCUT2D eigenvalue weighted by atomic mass is 19.4. The predicted octanol–water partition coefficient (Wildman–Crippen LogP) is 2.23. The first-order valence-corrected chi connectivity index (χ1v) is 7.06. The number of hydrogen-bond acceptors (Lipinski definition) is 3. The number of halogens is 3. The molecule has 1 aromatic carbocycles. The summed E-state index contributed by atoms with van der Waals surface area (Å²) >= 11 is 0. The van der Waals surface area contributed by atoms with Gasteiger partial charge in [-0.25, -0.2) is 0 Å². The van der Waals surface area contributed by atoms with Crippen molar-refractivity contribution >= 4 is 17.5 Å². The summed E-state index contributed by atoms with van der Waals surface area (Å²) in [7, 11) is 0. The lowest BCUT2D eigenvalue weighted by molar-refractivity contribution is -0.138. The van der Waals surface area contributed by atoms with Crippen LogP contribution in [0.15, 0.2) is 18.2 Å². The van der Waals surface area contributed by atoms with Gasteiger partial charge in [-0.3, -0.25) is 9.59 Å². The Morgan fingerprint density at radius 3 is 2.48 bits per heavy atom. The van der Waals surface area contributed by atoms with Gasteiger partial charge in [0.05, 0.1) is 5.56 Å². The summed E-state index contributed by atoms with van der Waals surface area (Å²) in [6.07, 6.45) is -3.58. The number of hydrogen-bond donors (Lipinski definition) is 3. The van der Waals surface area contributed by atoms with E-state index in [4.69, 9.17) is 5.11 Å². The molecule has 0 radical (unpaired) electrons. The average Bonchev–Trinajstić information content (AvgIpc) is 2.45. The standard InChI is InChI=1S/C15H19F3N2O3/c1-9(5-4-8-21)19-13(22)14(23)20-12-7-3-6-11(10(12)2)15(16,17)18/h3,6-7,9,21H,4-5,8H2,1-2H3,(H,19,22)(H,20,23). The summed E-state index contributed by atoms with van der Waals surface area (Å²) in [5.41, 5.74) is -1.09. The van der Waals surface area contributed by atoms with Gasteiger partial charge in [0.2, 0.25) is 0 Å². The van der Waals surface area contributed by atoms with Crippen molar-refractivity contribution in [2.24, 2.45) is 0 Å². The van der Waals surface area contributed by atoms with E-state index >= 15 is 0 Å². The Kier molecular flexibility index (Phi) is 6.56. The van der Waals surface area contributed by atoms with Crippen LogP contribution < -0.4 is 10.6 Å². The lowest BCUT2D eigenvalue weighted by atomic mass is 10.1. The highest BCUT2D eigenvalue weighted by molar-refractivity contribution is 6.39. The number of nitrogens with one attached hydrogen (secondary N) is 2. The van der Waals surface area contributed by atoms with E-state index in [1.165, 1.54) is 13.0 Å². The molecule has 8 heteroatoms. The van der Waals surface area contributed by atoms with Crippen LogP contribution in [0.2, 0.25) is 0 Å². The van der Waals surface area contributed by atoms with Gasteiger partial charge in [0.1, 0.15) is 0 Å². The molecule has 1 atom stereocenters. The molecule has 0 spiro atoms. The second-order valence-corrected chi connectivity index (χ2v) is 5.17. The number of rotatable bonds is 5. The van der Waals surface area contributed by atoms with Crippen LogP contribution in [0.25, 0.3) is 0 Å². The number of alkyl halides is 3. The van der Waals surface area contributed by atoms with Crippen molar-refractivity contribution in [3.8, 4) is 0 Å². The molecule has 0 saturated heterocycles. The molecule has 2 amide bonds. The molecule has 0 heterocycles. The van der Waals surface area contributed by atoms with Crippen LogP contribution >= 0.6 is 0 Å². The quantitative estimate of drug-likeness (QED) is 0.724. The zero-order valence-corrected chi connectivity index (χ0v) is 12.8. The fourth-order valence-electron chi connectivity index (χ4n) is 2.02. The number of aliphatic hydroxyl groups excluding tert-OH is 1. The zero-order chi connectivity index (χ0) is 17.6. The Labute approximate surface area is 131 Å². The fraction of sp³-hybridized carbons (Fsp3) is 0.467. The van der Waals surface area contributed by atoms with Crippen LogP contribution in [0.3, 0.4) is 0 Å². The van der Waals surface area contributed by atoms with Crippen LogP contribution in [0.5, 0.6) is 0 Å². The van der Waals surface area contributed by atoms with Crippen LogP contribution in [0.4, 0.5) is 18.9 Å². The molecule has 1 unspecified atom stereocenters. The average molecular weight is 332 g/mol. The van der Waals surface area contributed by atoms with Crippen molar-refractivity contribution < 1.29 is 27.9 Å². The Hall–Kier alpha value is -2.09. The Morgan fingerprint density at radius 2 is 1.91 bits per heavy atom. The highest BCUT2D eigenvalue weighted by Gasteiger charge is 2.33. The summed E-state index contributed by atoms with van der Waals surface area (Å²) in [4.78, 5) is 23.5. The minimum Gasteiger partial charge on any atom is -0.396 e. The SMILES string of the molecule is Cc1c(NC(=O)C(=O)NC(C)CCCO)cccc1C(F)(F)F. The number of aliphatic hydroxyl groups is 1. The highest BCUT2D eigenvalue weighted by Crippen LogP contribution is 2.34. The Bertz CT molecular complexity index is 574. The van der Waals surface area contributed by atoms with Gasteiger partial charge in [-0.15, -0.1) is 0 Å². The number of benzene rings is 1. The van der Waals surface area contributed by atoms with Crippen molar-refractivity contribution in [1.82, 2.24) is 5.32 Å². The minimum atomic E-state index is -4.54. The lowest BCUT2D eigenvalue weighted by Crippen LogP contribution is -2.40. The van der Waals surface area contributed by atoms with E-state index in [0.717, 1.165) is 12.1 Å². The fourth-order valence-corrected chi connectivity index (χ4v) is 2.02. The van der Waals surface area contributed by atoms with Crippen molar-refractivity contribution in [2.75, 3.05) is 11.9 Å². The van der Waals surface area contributed by atoms with Gasteiger partial charge in [-0.05, 0) is 44.4 Å². The predicted molar refractivity (Wildman–Crippen MR) is 78.7 cm³/mol. The second-order valence-electron chi connectivity index (χ2n) is 5.17. The third-order valence-electron chi connectivity index (χ3n) is 3.27. The largest absolute Gasteiger partial charge is 0.416 e. The molecule has 0 saturated carbocycles. The maximum atomic E-state index is 12.8. The zero-order valence-electron chi connectivity index (χ0n) is 12.8. The van der Waals surface area contributed by atoms with Crippen molar-refractivity contribution in [3.63, 3.8) is 0 Å². The summed E-state index contributed by atoms with van der Waals surface area (Å²) in [5.74, 6) is -1.98. The number of carbonyl (C=O) groups excluding carboxylic acids is 2. The van der Waals surface area contributed by atoms with Crippen LogP contribution in [0, 0.1) is 6.92 Å². The van der Waals surface area contributed by atoms with E-state index in [0.29, 0.717) is 12.8 Å². The molecule has 0 aliphatic carbocycles. The number of anilines is 1. The van der Waals surface area contributed by atoms with Crippen molar-refractivity contribution in [1.29, 1.82) is 0 Å². The first-order chi connectivity index (χ1) is 10.7. The van der Waals surface area contributed by atoms with E-state index in [1.54, 1.807) is 6.92 Å². The van der Waals surface area contributed by atoms with Gasteiger partial charge < -0.3 is 15.7 Å². The first kappa shape index (κ1) is 19.0. The summed E-state index contributed by atoms with van der Waals surface area (Å²) in [6, 6.07) is 3.03. The summed E-state index contributed by atoms with van der Waals surface area (Å²) in [5, 5.41) is 13.3. The van der Waals surface area contributed by atoms with Crippen LogP contribution in [-0.2, 0) is 15.8 Å². The smallest absolute Gasteiger partial charge is 0.396 e. The molecule has 1 aromatic rings. The molecule has 0 aliphatic heterocycles. The van der Waals surface area contributed by atoms with E-state index < -0.39 is 23.6 Å². The molecule has 3 N–H and O–H groups in total. The topological polar surface area (TPSA) is 78.4 Å². The summed E-state index contributed by atoms with van der Waals surface area (Å²) < 4.78 is 38.4. The molecule has 1 rings (SSSR count). The third-order valence-corrected chi connectivity index (χ3v) is 3.27. The normalized spacial score (nSPS) is 12.6. The van der Waals surface area contributed by atoms with Gasteiger partial charge in [0, 0.05) is 18.3 Å². The Morgan fingerprint density at radius 1 is 1.26 bits per heavy atom. The van der Waals surface area contributed by atoms with E-state index in [-0.39, 0.29) is 23.9 Å². The van der Waals surface area contributed by atoms with Crippen LogP contribution in [-0.4, -0.2) is 29.6 Å². The minimum absolute atomic E-state index is 0.0319. The van der Waals surface area contributed by atoms with E-state index in [1.807, 2.05) is 0 Å². The third kappa shape index (κ3) is 5.55. The van der Waals surface area contributed by atoms with E-state index in [9.17, 15) is 22.8 Å². The number of amides is 2. The van der Waals surface area contributed by atoms with Gasteiger partial charge in [0.25, 0.3) is 0 Å². The maximum absolute atomic E-state index is 12.8.